The molecule has 0 aromatic heterocycles. The molecule has 0 N–H and O–H groups in total. The van der Waals surface area contributed by atoms with E-state index in [4.69, 9.17) is 0 Å². The minimum atomic E-state index is -1.95. The fourth-order valence-electron chi connectivity index (χ4n) is 4.96. The summed E-state index contributed by atoms with van der Waals surface area (Å²) in [4.78, 5) is 0. The van der Waals surface area contributed by atoms with Crippen LogP contribution < -0.4 is 0 Å². The molecule has 0 aromatic rings. The molecule has 32 heavy (non-hydrogen) atoms. The van der Waals surface area contributed by atoms with Crippen LogP contribution in [0.25, 0.3) is 0 Å². The first-order valence-corrected chi connectivity index (χ1v) is 35.9. The van der Waals surface area contributed by atoms with Gasteiger partial charge in [0.2, 0.25) is 0 Å². The quantitative estimate of drug-likeness (QED) is 0.0687. The third-order valence-corrected chi connectivity index (χ3v) is 53.3. The second kappa shape index (κ2) is 23.7. The molecule has 0 saturated heterocycles. The summed E-state index contributed by atoms with van der Waals surface area (Å²) in [6.07, 6.45) is 20.6. The van der Waals surface area contributed by atoms with Crippen LogP contribution in [-0.2, 0) is 0 Å². The zero-order valence-electron chi connectivity index (χ0n) is 23.4. The molecule has 0 saturated carbocycles. The number of unbranched alkanes of at least 4 members (excludes halogenated alkanes) is 7. The summed E-state index contributed by atoms with van der Waals surface area (Å²) >= 11 is -3.89. The molecule has 0 aromatic carbocycles. The SMILES string of the molecule is CCC[CH2][Sn]([CH2]CCC)([CH2]CCC)[S]CCCC[S][Sn]([CH2]CCC)([CH2]CCC)[CH2]CCC. The Balaban J connectivity index is 4.72. The molecule has 0 nitrogen and oxygen atoms in total. The molecule has 0 bridgehead atoms. The summed E-state index contributed by atoms with van der Waals surface area (Å²) in [5.41, 5.74) is 0. The molecular formula is C28H62S2Sn2. The molecular weight excluding hydrogens is 638 g/mol. The topological polar surface area (TPSA) is 0 Å². The van der Waals surface area contributed by atoms with E-state index in [-0.39, 0.29) is 0 Å². The van der Waals surface area contributed by atoms with E-state index in [0.717, 1.165) is 0 Å². The van der Waals surface area contributed by atoms with Crippen LogP contribution in [0.2, 0.25) is 26.6 Å². The number of hydrogen-bond acceptors (Lipinski definition) is 2. The van der Waals surface area contributed by atoms with Crippen molar-refractivity contribution in [3.63, 3.8) is 0 Å². The van der Waals surface area contributed by atoms with Gasteiger partial charge in [0, 0.05) is 0 Å². The summed E-state index contributed by atoms with van der Waals surface area (Å²) in [7, 11) is 5.21. The molecule has 0 unspecified atom stereocenters. The maximum absolute atomic E-state index is 2.61. The van der Waals surface area contributed by atoms with Gasteiger partial charge in [0.15, 0.2) is 0 Å². The minimum absolute atomic E-state index is 1.41. The van der Waals surface area contributed by atoms with E-state index in [1.807, 2.05) is 0 Å². The van der Waals surface area contributed by atoms with Crippen molar-refractivity contribution < 1.29 is 0 Å². The van der Waals surface area contributed by atoms with Crippen LogP contribution in [0, 0.1) is 0 Å². The van der Waals surface area contributed by atoms with Gasteiger partial charge in [-0.1, -0.05) is 0 Å². The monoisotopic (exact) mass is 702 g/mol. The molecule has 194 valence electrons. The Morgan fingerprint density at radius 1 is 0.344 bits per heavy atom. The van der Waals surface area contributed by atoms with E-state index in [1.165, 1.54) is 101 Å². The van der Waals surface area contributed by atoms with Gasteiger partial charge in [0.25, 0.3) is 0 Å². The Bertz CT molecular complexity index is 310. The average molecular weight is 700 g/mol. The average Bonchev–Trinajstić information content (AvgIpc) is 2.82. The van der Waals surface area contributed by atoms with E-state index in [2.05, 4.69) is 59.4 Å². The number of rotatable bonds is 25. The molecule has 0 fully saturated rings. The molecule has 0 aliphatic carbocycles. The van der Waals surface area contributed by atoms with Gasteiger partial charge in [-0.2, -0.15) is 0 Å². The Morgan fingerprint density at radius 3 is 0.750 bits per heavy atom. The van der Waals surface area contributed by atoms with Crippen LogP contribution in [0.3, 0.4) is 0 Å². The van der Waals surface area contributed by atoms with Gasteiger partial charge in [0.05, 0.1) is 0 Å². The molecule has 0 aliphatic rings. The van der Waals surface area contributed by atoms with Crippen molar-refractivity contribution in [1.29, 1.82) is 0 Å². The van der Waals surface area contributed by atoms with Crippen LogP contribution in [0.1, 0.15) is 131 Å². The van der Waals surface area contributed by atoms with Gasteiger partial charge in [-0.25, -0.2) is 0 Å². The van der Waals surface area contributed by atoms with Gasteiger partial charge in [0.1, 0.15) is 0 Å². The van der Waals surface area contributed by atoms with Crippen molar-refractivity contribution in [2.45, 2.75) is 158 Å². The van der Waals surface area contributed by atoms with Gasteiger partial charge >= 0.3 is 221 Å². The van der Waals surface area contributed by atoms with E-state index in [9.17, 15) is 0 Å². The van der Waals surface area contributed by atoms with Crippen LogP contribution in [0.5, 0.6) is 0 Å². The van der Waals surface area contributed by atoms with Crippen molar-refractivity contribution in [2.24, 2.45) is 0 Å². The molecule has 0 rings (SSSR count). The van der Waals surface area contributed by atoms with Crippen molar-refractivity contribution in [3.05, 3.63) is 0 Å². The van der Waals surface area contributed by atoms with Crippen LogP contribution >= 0.6 is 17.9 Å². The zero-order valence-corrected chi connectivity index (χ0v) is 30.7. The Hall–Kier alpha value is 2.30. The van der Waals surface area contributed by atoms with Crippen molar-refractivity contribution in [1.82, 2.24) is 0 Å². The van der Waals surface area contributed by atoms with Gasteiger partial charge < -0.3 is 0 Å². The molecule has 0 amide bonds. The van der Waals surface area contributed by atoms with Gasteiger partial charge in [-0.05, 0) is 0 Å². The number of hydrogen-bond donors (Lipinski definition) is 0. The second-order valence-corrected chi connectivity index (χ2v) is 50.4. The van der Waals surface area contributed by atoms with Crippen molar-refractivity contribution in [2.75, 3.05) is 11.5 Å². The normalized spacial score (nSPS) is 12.6. The van der Waals surface area contributed by atoms with Crippen LogP contribution in [0.4, 0.5) is 0 Å². The second-order valence-electron chi connectivity index (χ2n) is 10.4. The molecule has 0 atom stereocenters. The summed E-state index contributed by atoms with van der Waals surface area (Å²) in [5.74, 6) is 3.02. The standard InChI is InChI=1S/C4H10S2.6C4H9.2Sn/c5-3-1-2-4-6;6*1-3-4-2;;/h5-6H,1-4H2;6*1,3-4H2,2H3;;/q;;;;;;;2*+1/p-2. The summed E-state index contributed by atoms with van der Waals surface area (Å²) in [6.45, 7) is 14.5. The first kappa shape index (κ1) is 34.3. The van der Waals surface area contributed by atoms with Gasteiger partial charge in [-0.15, -0.1) is 0 Å². The summed E-state index contributed by atoms with van der Waals surface area (Å²) in [6, 6.07) is 0. The van der Waals surface area contributed by atoms with Crippen LogP contribution in [-0.4, -0.2) is 45.5 Å². The predicted molar refractivity (Wildman–Crippen MR) is 164 cm³/mol. The fraction of sp³-hybridized carbons (Fsp3) is 1.00. The fourth-order valence-corrected chi connectivity index (χ4v) is 51.9. The van der Waals surface area contributed by atoms with E-state index in [1.54, 1.807) is 26.6 Å². The van der Waals surface area contributed by atoms with E-state index in [0.29, 0.717) is 0 Å². The molecule has 0 aliphatic heterocycles. The third-order valence-electron chi connectivity index (χ3n) is 7.27. The predicted octanol–water partition coefficient (Wildman–Crippen LogP) is 11.9. The van der Waals surface area contributed by atoms with Crippen LogP contribution in [0.15, 0.2) is 0 Å². The summed E-state index contributed by atoms with van der Waals surface area (Å²) < 4.78 is 10.1. The maximum atomic E-state index is 2.61. The van der Waals surface area contributed by atoms with Crippen molar-refractivity contribution >= 4 is 51.9 Å². The van der Waals surface area contributed by atoms with E-state index < -0.39 is 34.0 Å². The Morgan fingerprint density at radius 2 is 0.562 bits per heavy atom. The molecule has 0 spiro atoms. The Labute approximate surface area is 219 Å². The molecule has 0 radical (unpaired) electrons. The zero-order chi connectivity index (χ0) is 24.0. The van der Waals surface area contributed by atoms with Crippen molar-refractivity contribution in [3.8, 4) is 0 Å². The third kappa shape index (κ3) is 16.9. The molecule has 4 heteroatoms. The first-order valence-electron chi connectivity index (χ1n) is 14.8. The molecule has 0 heterocycles. The Kier molecular flexibility index (Phi) is 25.4. The first-order chi connectivity index (χ1) is 15.6. The van der Waals surface area contributed by atoms with E-state index >= 15 is 0 Å². The van der Waals surface area contributed by atoms with Gasteiger partial charge in [-0.3, -0.25) is 0 Å². The summed E-state index contributed by atoms with van der Waals surface area (Å²) in [5, 5.41) is 0.